The third-order valence-corrected chi connectivity index (χ3v) is 3.84. The molecule has 0 saturated carbocycles. The van der Waals surface area contributed by atoms with Crippen LogP contribution in [0.5, 0.6) is 5.75 Å². The fourth-order valence-electron chi connectivity index (χ4n) is 2.52. The summed E-state index contributed by atoms with van der Waals surface area (Å²) in [4.78, 5) is 0. The van der Waals surface area contributed by atoms with Crippen molar-refractivity contribution in [3.05, 3.63) is 59.7 Å². The highest BCUT2D eigenvalue weighted by molar-refractivity contribution is 5.49. The third kappa shape index (κ3) is 3.78. The predicted molar refractivity (Wildman–Crippen MR) is 90.2 cm³/mol. The number of hydrogen-bond acceptors (Lipinski definition) is 2. The molecule has 21 heavy (non-hydrogen) atoms. The first-order chi connectivity index (χ1) is 10.2. The molecule has 0 saturated heterocycles. The van der Waals surface area contributed by atoms with Gasteiger partial charge < -0.3 is 10.1 Å². The van der Waals surface area contributed by atoms with Crippen LogP contribution < -0.4 is 10.1 Å². The molecule has 0 aromatic heterocycles. The number of benzene rings is 2. The summed E-state index contributed by atoms with van der Waals surface area (Å²) in [5, 5.41) is 3.61. The molecule has 0 aliphatic carbocycles. The average Bonchev–Trinajstić information content (AvgIpc) is 2.53. The van der Waals surface area contributed by atoms with Crippen molar-refractivity contribution in [2.24, 2.45) is 0 Å². The van der Waals surface area contributed by atoms with Crippen LogP contribution in [0, 0.1) is 0 Å². The highest BCUT2D eigenvalue weighted by Gasteiger charge is 2.13. The number of rotatable bonds is 6. The fraction of sp³-hybridized carbons (Fsp3) is 0.368. The van der Waals surface area contributed by atoms with E-state index in [1.165, 1.54) is 11.1 Å². The van der Waals surface area contributed by atoms with E-state index >= 15 is 0 Å². The summed E-state index contributed by atoms with van der Waals surface area (Å²) in [6, 6.07) is 17.2. The summed E-state index contributed by atoms with van der Waals surface area (Å²) in [7, 11) is 1.73. The Kier molecular flexibility index (Phi) is 5.26. The molecule has 0 aliphatic rings. The van der Waals surface area contributed by atoms with Gasteiger partial charge in [-0.05, 0) is 36.1 Å². The molecule has 0 aliphatic heterocycles. The zero-order valence-corrected chi connectivity index (χ0v) is 13.4. The molecule has 1 N–H and O–H groups in total. The Bertz CT molecular complexity index is 560. The lowest BCUT2D eigenvalue weighted by molar-refractivity contribution is 0.406. The van der Waals surface area contributed by atoms with Crippen molar-refractivity contribution in [1.29, 1.82) is 0 Å². The van der Waals surface area contributed by atoms with E-state index in [0.29, 0.717) is 5.92 Å². The molecule has 0 spiro atoms. The Morgan fingerprint density at radius 2 is 1.67 bits per heavy atom. The highest BCUT2D eigenvalue weighted by Crippen LogP contribution is 2.30. The van der Waals surface area contributed by atoms with Gasteiger partial charge in [0.2, 0.25) is 0 Å². The van der Waals surface area contributed by atoms with Crippen molar-refractivity contribution >= 4 is 5.69 Å². The normalized spacial score (nSPS) is 12.2. The van der Waals surface area contributed by atoms with Crippen LogP contribution in [0.4, 0.5) is 5.69 Å². The van der Waals surface area contributed by atoms with Crippen LogP contribution in [0.1, 0.15) is 50.3 Å². The minimum atomic E-state index is 0.256. The molecule has 2 heteroatoms. The molecule has 0 radical (unpaired) electrons. The van der Waals surface area contributed by atoms with E-state index in [0.717, 1.165) is 17.9 Å². The molecule has 2 nitrogen and oxygen atoms in total. The van der Waals surface area contributed by atoms with E-state index in [2.05, 4.69) is 62.5 Å². The largest absolute Gasteiger partial charge is 0.496 e. The Hall–Kier alpha value is -1.96. The van der Waals surface area contributed by atoms with Crippen LogP contribution in [-0.4, -0.2) is 7.11 Å². The van der Waals surface area contributed by atoms with Crippen molar-refractivity contribution < 1.29 is 4.74 Å². The maximum atomic E-state index is 5.48. The highest BCUT2D eigenvalue weighted by atomic mass is 16.5. The van der Waals surface area contributed by atoms with E-state index in [-0.39, 0.29) is 6.04 Å². The number of para-hydroxylation sites is 1. The molecule has 0 heterocycles. The van der Waals surface area contributed by atoms with E-state index in [1.54, 1.807) is 7.11 Å². The monoisotopic (exact) mass is 283 g/mol. The van der Waals surface area contributed by atoms with Gasteiger partial charge in [-0.3, -0.25) is 0 Å². The van der Waals surface area contributed by atoms with Gasteiger partial charge in [-0.2, -0.15) is 0 Å². The van der Waals surface area contributed by atoms with Gasteiger partial charge in [-0.15, -0.1) is 0 Å². The molecular formula is C19H25NO. The van der Waals surface area contributed by atoms with Crippen LogP contribution in [0.25, 0.3) is 0 Å². The van der Waals surface area contributed by atoms with Crippen LogP contribution >= 0.6 is 0 Å². The van der Waals surface area contributed by atoms with Crippen molar-refractivity contribution in [2.75, 3.05) is 12.4 Å². The molecule has 0 amide bonds. The van der Waals surface area contributed by atoms with Gasteiger partial charge >= 0.3 is 0 Å². The summed E-state index contributed by atoms with van der Waals surface area (Å²) in [6.45, 7) is 6.62. The van der Waals surface area contributed by atoms with E-state index in [9.17, 15) is 0 Å². The maximum absolute atomic E-state index is 5.48. The third-order valence-electron chi connectivity index (χ3n) is 3.84. The second-order valence-electron chi connectivity index (χ2n) is 5.62. The molecular weight excluding hydrogens is 258 g/mol. The first kappa shape index (κ1) is 15.4. The molecule has 2 aromatic rings. The minimum Gasteiger partial charge on any atom is -0.496 e. The predicted octanol–water partition coefficient (Wildman–Crippen LogP) is 5.38. The molecule has 112 valence electrons. The summed E-state index contributed by atoms with van der Waals surface area (Å²) >= 11 is 0. The van der Waals surface area contributed by atoms with Gasteiger partial charge in [0.25, 0.3) is 0 Å². The summed E-state index contributed by atoms with van der Waals surface area (Å²) < 4.78 is 5.48. The van der Waals surface area contributed by atoms with Gasteiger partial charge in [0.05, 0.1) is 13.2 Å². The molecule has 2 rings (SSSR count). The topological polar surface area (TPSA) is 21.3 Å². The Labute approximate surface area is 128 Å². The fourth-order valence-corrected chi connectivity index (χ4v) is 2.52. The average molecular weight is 283 g/mol. The van der Waals surface area contributed by atoms with Gasteiger partial charge in [0.1, 0.15) is 5.75 Å². The van der Waals surface area contributed by atoms with Crippen LogP contribution in [0.2, 0.25) is 0 Å². The lowest BCUT2D eigenvalue weighted by Gasteiger charge is -2.21. The second kappa shape index (κ2) is 7.16. The summed E-state index contributed by atoms with van der Waals surface area (Å²) in [5.41, 5.74) is 3.72. The van der Waals surface area contributed by atoms with Gasteiger partial charge in [-0.25, -0.2) is 0 Å². The number of ether oxygens (including phenoxy) is 1. The molecule has 0 fully saturated rings. The SMILES string of the molecule is CCC(Nc1ccc(C(C)C)cc1)c1ccccc1OC. The zero-order valence-electron chi connectivity index (χ0n) is 13.4. The maximum Gasteiger partial charge on any atom is 0.124 e. The molecule has 1 atom stereocenters. The van der Waals surface area contributed by atoms with Crippen molar-refractivity contribution in [1.82, 2.24) is 0 Å². The smallest absolute Gasteiger partial charge is 0.124 e. The minimum absolute atomic E-state index is 0.256. The summed E-state index contributed by atoms with van der Waals surface area (Å²) in [6.07, 6.45) is 1.01. The van der Waals surface area contributed by atoms with Gasteiger partial charge in [0.15, 0.2) is 0 Å². The van der Waals surface area contributed by atoms with Crippen LogP contribution in [-0.2, 0) is 0 Å². The Morgan fingerprint density at radius 3 is 2.24 bits per heavy atom. The second-order valence-corrected chi connectivity index (χ2v) is 5.62. The van der Waals surface area contributed by atoms with Crippen molar-refractivity contribution in [2.45, 2.75) is 39.2 Å². The Balaban J connectivity index is 2.19. The molecule has 0 bridgehead atoms. The van der Waals surface area contributed by atoms with E-state index in [4.69, 9.17) is 4.74 Å². The number of hydrogen-bond donors (Lipinski definition) is 1. The lowest BCUT2D eigenvalue weighted by Crippen LogP contribution is -2.11. The van der Waals surface area contributed by atoms with Crippen molar-refractivity contribution in [3.63, 3.8) is 0 Å². The van der Waals surface area contributed by atoms with Gasteiger partial charge in [0, 0.05) is 11.3 Å². The molecule has 1 unspecified atom stereocenters. The van der Waals surface area contributed by atoms with Crippen LogP contribution in [0.3, 0.4) is 0 Å². The number of anilines is 1. The first-order valence-corrected chi connectivity index (χ1v) is 7.65. The van der Waals surface area contributed by atoms with E-state index < -0.39 is 0 Å². The van der Waals surface area contributed by atoms with Crippen LogP contribution in [0.15, 0.2) is 48.5 Å². The first-order valence-electron chi connectivity index (χ1n) is 7.65. The quantitative estimate of drug-likeness (QED) is 0.768. The zero-order chi connectivity index (χ0) is 15.2. The van der Waals surface area contributed by atoms with Gasteiger partial charge in [-0.1, -0.05) is 51.1 Å². The lowest BCUT2D eigenvalue weighted by atomic mass is 10.0. The van der Waals surface area contributed by atoms with E-state index in [1.807, 2.05) is 12.1 Å². The number of methoxy groups -OCH3 is 1. The van der Waals surface area contributed by atoms with Crippen molar-refractivity contribution in [3.8, 4) is 5.75 Å². The molecule has 2 aromatic carbocycles. The Morgan fingerprint density at radius 1 is 1.00 bits per heavy atom. The standard InChI is InChI=1S/C19H25NO/c1-5-18(17-8-6-7-9-19(17)21-4)20-16-12-10-15(11-13-16)14(2)3/h6-14,18,20H,5H2,1-4H3. The number of nitrogens with one attached hydrogen (secondary N) is 1. The summed E-state index contributed by atoms with van der Waals surface area (Å²) in [5.74, 6) is 1.51.